The van der Waals surface area contributed by atoms with Crippen molar-refractivity contribution in [1.29, 1.82) is 0 Å². The van der Waals surface area contributed by atoms with Crippen molar-refractivity contribution < 1.29 is 14.3 Å². The van der Waals surface area contributed by atoms with E-state index in [1.165, 1.54) is 5.56 Å². The third-order valence-electron chi connectivity index (χ3n) is 5.24. The Labute approximate surface area is 185 Å². The van der Waals surface area contributed by atoms with Crippen LogP contribution in [0.15, 0.2) is 72.8 Å². The molecule has 31 heavy (non-hydrogen) atoms. The number of ether oxygens (including phenoxy) is 1. The molecule has 0 unspecified atom stereocenters. The highest BCUT2D eigenvalue weighted by molar-refractivity contribution is 6.30. The Balaban J connectivity index is 1.65. The zero-order chi connectivity index (χ0) is 22.0. The van der Waals surface area contributed by atoms with E-state index in [-0.39, 0.29) is 12.4 Å². The molecule has 4 rings (SSSR count). The topological polar surface area (TPSA) is 56.3 Å². The van der Waals surface area contributed by atoms with Gasteiger partial charge in [-0.25, -0.2) is 9.78 Å². The molecule has 5 heteroatoms. The summed E-state index contributed by atoms with van der Waals surface area (Å²) in [4.78, 5) is 30.0. The van der Waals surface area contributed by atoms with Crippen molar-refractivity contribution in [3.05, 3.63) is 100 Å². The normalized spacial score (nSPS) is 10.8. The number of benzene rings is 3. The number of aromatic nitrogens is 1. The van der Waals surface area contributed by atoms with Crippen LogP contribution in [0, 0.1) is 13.8 Å². The van der Waals surface area contributed by atoms with E-state index in [9.17, 15) is 9.59 Å². The number of esters is 1. The molecular formula is C26H20ClNO3. The molecule has 0 aliphatic carbocycles. The summed E-state index contributed by atoms with van der Waals surface area (Å²) >= 11 is 5.86. The summed E-state index contributed by atoms with van der Waals surface area (Å²) in [5.74, 6) is -0.858. The van der Waals surface area contributed by atoms with E-state index < -0.39 is 5.97 Å². The summed E-state index contributed by atoms with van der Waals surface area (Å²) < 4.78 is 5.37. The summed E-state index contributed by atoms with van der Waals surface area (Å²) in [6.07, 6.45) is 0. The van der Waals surface area contributed by atoms with Crippen LogP contribution in [0.1, 0.15) is 31.8 Å². The smallest absolute Gasteiger partial charge is 0.339 e. The number of rotatable bonds is 5. The first kappa shape index (κ1) is 20.8. The minimum atomic E-state index is -0.564. The third kappa shape index (κ3) is 4.49. The number of fused-ring (bicyclic) bond motifs is 1. The number of carbonyl (C=O) groups is 2. The Morgan fingerprint density at radius 3 is 2.39 bits per heavy atom. The number of carbonyl (C=O) groups excluding carboxylic acids is 2. The molecule has 1 heterocycles. The van der Waals surface area contributed by atoms with Crippen molar-refractivity contribution in [3.8, 4) is 11.3 Å². The number of nitrogens with zero attached hydrogens (tertiary/aromatic N) is 1. The molecule has 0 aliphatic heterocycles. The number of hydrogen-bond donors (Lipinski definition) is 0. The van der Waals surface area contributed by atoms with Gasteiger partial charge in [-0.2, -0.15) is 0 Å². The van der Waals surface area contributed by atoms with Gasteiger partial charge in [-0.3, -0.25) is 4.79 Å². The zero-order valence-electron chi connectivity index (χ0n) is 17.2. The highest BCUT2D eigenvalue weighted by Crippen LogP contribution is 2.27. The lowest BCUT2D eigenvalue weighted by molar-refractivity contribution is 0.0476. The van der Waals surface area contributed by atoms with Crippen molar-refractivity contribution in [2.45, 2.75) is 13.8 Å². The lowest BCUT2D eigenvalue weighted by Crippen LogP contribution is -2.15. The van der Waals surface area contributed by atoms with Gasteiger partial charge < -0.3 is 4.74 Å². The number of hydrogen-bond acceptors (Lipinski definition) is 4. The second-order valence-electron chi connectivity index (χ2n) is 7.38. The molecular weight excluding hydrogens is 410 g/mol. The molecule has 0 N–H and O–H groups in total. The lowest BCUT2D eigenvalue weighted by atomic mass is 10.0. The van der Waals surface area contributed by atoms with Gasteiger partial charge in [0.1, 0.15) is 0 Å². The molecule has 0 fully saturated rings. The van der Waals surface area contributed by atoms with Crippen molar-refractivity contribution in [2.75, 3.05) is 6.61 Å². The molecule has 4 aromatic rings. The molecule has 3 aromatic carbocycles. The van der Waals surface area contributed by atoms with Gasteiger partial charge in [0.2, 0.25) is 0 Å². The quantitative estimate of drug-likeness (QED) is 0.279. The van der Waals surface area contributed by atoms with E-state index in [1.54, 1.807) is 30.3 Å². The average Bonchev–Trinajstić information content (AvgIpc) is 2.78. The molecule has 0 spiro atoms. The van der Waals surface area contributed by atoms with Crippen LogP contribution in [-0.4, -0.2) is 23.3 Å². The lowest BCUT2D eigenvalue weighted by Gasteiger charge is -2.11. The molecule has 0 saturated carbocycles. The molecule has 0 atom stereocenters. The van der Waals surface area contributed by atoms with E-state index in [0.29, 0.717) is 32.7 Å². The Morgan fingerprint density at radius 2 is 1.65 bits per heavy atom. The highest BCUT2D eigenvalue weighted by atomic mass is 35.5. The standard InChI is InChI=1S/C26H20ClNO3/c1-16-7-8-19(13-17(16)2)24-14-22(21-5-3-4-6-23(21)28-24)26(30)31-15-25(29)18-9-11-20(27)12-10-18/h3-14H,15H2,1-2H3. The molecule has 0 bridgehead atoms. The maximum Gasteiger partial charge on any atom is 0.339 e. The number of halogens is 1. The first-order chi connectivity index (χ1) is 14.9. The van der Waals surface area contributed by atoms with Crippen LogP contribution in [0.2, 0.25) is 5.02 Å². The number of para-hydroxylation sites is 1. The second-order valence-corrected chi connectivity index (χ2v) is 7.81. The maximum atomic E-state index is 12.9. The van der Waals surface area contributed by atoms with Crippen LogP contribution < -0.4 is 0 Å². The van der Waals surface area contributed by atoms with Crippen LogP contribution >= 0.6 is 11.6 Å². The minimum absolute atomic E-state index is 0.294. The Morgan fingerprint density at radius 1 is 0.903 bits per heavy atom. The Kier molecular flexibility index (Phi) is 5.83. The van der Waals surface area contributed by atoms with Gasteiger partial charge in [-0.15, -0.1) is 0 Å². The van der Waals surface area contributed by atoms with Crippen LogP contribution in [0.4, 0.5) is 0 Å². The third-order valence-corrected chi connectivity index (χ3v) is 5.49. The van der Waals surface area contributed by atoms with Crippen molar-refractivity contribution in [1.82, 2.24) is 4.98 Å². The number of ketones is 1. The SMILES string of the molecule is Cc1ccc(-c2cc(C(=O)OCC(=O)c3ccc(Cl)cc3)c3ccccc3n2)cc1C. The van der Waals surface area contributed by atoms with Gasteiger partial charge in [-0.05, 0) is 67.4 Å². The zero-order valence-corrected chi connectivity index (χ0v) is 17.9. The van der Waals surface area contributed by atoms with E-state index in [2.05, 4.69) is 0 Å². The summed E-state index contributed by atoms with van der Waals surface area (Å²) in [5, 5.41) is 1.22. The summed E-state index contributed by atoms with van der Waals surface area (Å²) in [6.45, 7) is 3.74. The molecule has 0 saturated heterocycles. The first-order valence-corrected chi connectivity index (χ1v) is 10.2. The van der Waals surface area contributed by atoms with Gasteiger partial charge in [0.05, 0.1) is 16.8 Å². The first-order valence-electron chi connectivity index (χ1n) is 9.85. The van der Waals surface area contributed by atoms with Crippen molar-refractivity contribution in [2.24, 2.45) is 0 Å². The summed E-state index contributed by atoms with van der Waals surface area (Å²) in [5.41, 5.74) is 5.43. The Bertz CT molecular complexity index is 1300. The van der Waals surface area contributed by atoms with E-state index in [0.717, 1.165) is 11.1 Å². The van der Waals surface area contributed by atoms with Gasteiger partial charge in [-0.1, -0.05) is 41.9 Å². The molecule has 154 valence electrons. The average molecular weight is 430 g/mol. The van der Waals surface area contributed by atoms with E-state index >= 15 is 0 Å². The number of pyridine rings is 1. The fourth-order valence-electron chi connectivity index (χ4n) is 3.32. The molecule has 0 amide bonds. The van der Waals surface area contributed by atoms with Crippen LogP contribution in [0.25, 0.3) is 22.2 Å². The minimum Gasteiger partial charge on any atom is -0.454 e. The summed E-state index contributed by atoms with van der Waals surface area (Å²) in [6, 6.07) is 21.7. The van der Waals surface area contributed by atoms with Crippen molar-refractivity contribution in [3.63, 3.8) is 0 Å². The van der Waals surface area contributed by atoms with Crippen molar-refractivity contribution >= 4 is 34.3 Å². The van der Waals surface area contributed by atoms with Gasteiger partial charge >= 0.3 is 5.97 Å². The number of Topliss-reactive ketones (excluding diaryl/α,β-unsaturated/α-hetero) is 1. The fourth-order valence-corrected chi connectivity index (χ4v) is 3.45. The maximum absolute atomic E-state index is 12.9. The number of aryl methyl sites for hydroxylation is 2. The van der Waals surface area contributed by atoms with Gasteiger partial charge in [0.25, 0.3) is 0 Å². The van der Waals surface area contributed by atoms with E-state index in [1.807, 2.05) is 56.3 Å². The molecule has 0 radical (unpaired) electrons. The predicted molar refractivity (Wildman–Crippen MR) is 123 cm³/mol. The second kappa shape index (κ2) is 8.70. The molecule has 1 aromatic heterocycles. The largest absolute Gasteiger partial charge is 0.454 e. The highest BCUT2D eigenvalue weighted by Gasteiger charge is 2.17. The van der Waals surface area contributed by atoms with E-state index in [4.69, 9.17) is 21.3 Å². The molecule has 0 aliphatic rings. The van der Waals surface area contributed by atoms with Gasteiger partial charge in [0.15, 0.2) is 12.4 Å². The predicted octanol–water partition coefficient (Wildman–Crippen LogP) is 6.21. The van der Waals surface area contributed by atoms with Crippen LogP contribution in [0.5, 0.6) is 0 Å². The van der Waals surface area contributed by atoms with Crippen LogP contribution in [0.3, 0.4) is 0 Å². The monoisotopic (exact) mass is 429 g/mol. The summed E-state index contributed by atoms with van der Waals surface area (Å²) in [7, 11) is 0. The van der Waals surface area contributed by atoms with Gasteiger partial charge in [0, 0.05) is 21.5 Å². The van der Waals surface area contributed by atoms with Crippen LogP contribution in [-0.2, 0) is 4.74 Å². The Hall–Kier alpha value is -3.50. The fraction of sp³-hybridized carbons (Fsp3) is 0.115. The molecule has 4 nitrogen and oxygen atoms in total.